The number of Topliss-reactive ketones (excluding diaryl/α,β-unsaturated/α-hetero) is 1. The molecular weight excluding hydrogens is 260 g/mol. The first-order chi connectivity index (χ1) is 9.08. The molecule has 0 N–H and O–H groups in total. The van der Waals surface area contributed by atoms with E-state index in [0.717, 1.165) is 10.5 Å². The lowest BCUT2D eigenvalue weighted by Gasteiger charge is -2.12. The van der Waals surface area contributed by atoms with Crippen LogP contribution in [-0.2, 0) is 14.3 Å². The molecule has 1 aromatic rings. The molecule has 0 spiro atoms. The first-order valence-corrected chi connectivity index (χ1v) is 7.45. The van der Waals surface area contributed by atoms with Crippen LogP contribution in [0.2, 0.25) is 0 Å². The zero-order chi connectivity index (χ0) is 14.3. The number of carbonyl (C=O) groups excluding carboxylic acids is 2. The van der Waals surface area contributed by atoms with Crippen LogP contribution in [0.1, 0.15) is 25.8 Å². The molecule has 0 bridgehead atoms. The number of aryl methyl sites for hydroxylation is 1. The predicted molar refractivity (Wildman–Crippen MR) is 77.3 cm³/mol. The fraction of sp³-hybridized carbons (Fsp3) is 0.467. The molecule has 1 rings (SSSR count). The van der Waals surface area contributed by atoms with E-state index in [2.05, 4.69) is 0 Å². The fourth-order valence-electron chi connectivity index (χ4n) is 1.73. The van der Waals surface area contributed by atoms with Crippen molar-refractivity contribution < 1.29 is 14.3 Å². The van der Waals surface area contributed by atoms with Crippen LogP contribution in [0.15, 0.2) is 29.2 Å². The SMILES string of the molecule is CCOC(=O)C(CC)C(=O)CSc1cccc(C)c1. The Labute approximate surface area is 118 Å². The third-order valence-electron chi connectivity index (χ3n) is 2.74. The second-order valence-corrected chi connectivity index (χ2v) is 5.33. The molecule has 0 saturated carbocycles. The fourth-order valence-corrected chi connectivity index (χ4v) is 2.68. The minimum absolute atomic E-state index is 0.0625. The highest BCUT2D eigenvalue weighted by atomic mass is 32.2. The molecule has 0 saturated heterocycles. The van der Waals surface area contributed by atoms with Gasteiger partial charge in [-0.2, -0.15) is 0 Å². The number of ether oxygens (including phenoxy) is 1. The smallest absolute Gasteiger partial charge is 0.316 e. The van der Waals surface area contributed by atoms with Gasteiger partial charge in [0.25, 0.3) is 0 Å². The van der Waals surface area contributed by atoms with Crippen LogP contribution in [0, 0.1) is 12.8 Å². The van der Waals surface area contributed by atoms with Crippen LogP contribution in [0.5, 0.6) is 0 Å². The Balaban J connectivity index is 2.56. The first kappa shape index (κ1) is 15.8. The van der Waals surface area contributed by atoms with Crippen molar-refractivity contribution in [2.24, 2.45) is 5.92 Å². The maximum atomic E-state index is 12.0. The van der Waals surface area contributed by atoms with Crippen LogP contribution < -0.4 is 0 Å². The van der Waals surface area contributed by atoms with Gasteiger partial charge >= 0.3 is 5.97 Å². The topological polar surface area (TPSA) is 43.4 Å². The second kappa shape index (κ2) is 8.00. The molecule has 4 heteroatoms. The minimum atomic E-state index is -0.628. The molecule has 0 aromatic heterocycles. The molecule has 0 heterocycles. The molecule has 19 heavy (non-hydrogen) atoms. The molecule has 0 aliphatic heterocycles. The zero-order valence-corrected chi connectivity index (χ0v) is 12.5. The third kappa shape index (κ3) is 5.07. The van der Waals surface area contributed by atoms with Crippen LogP contribution in [0.3, 0.4) is 0 Å². The summed E-state index contributed by atoms with van der Waals surface area (Å²) in [5, 5.41) is 0. The van der Waals surface area contributed by atoms with Gasteiger partial charge < -0.3 is 4.74 Å². The number of hydrogen-bond acceptors (Lipinski definition) is 4. The van der Waals surface area contributed by atoms with Crippen LogP contribution in [-0.4, -0.2) is 24.1 Å². The molecule has 0 fully saturated rings. The average Bonchev–Trinajstić information content (AvgIpc) is 2.37. The lowest BCUT2D eigenvalue weighted by molar-refractivity contribution is -0.151. The number of esters is 1. The monoisotopic (exact) mass is 280 g/mol. The molecule has 0 aliphatic rings. The lowest BCUT2D eigenvalue weighted by Crippen LogP contribution is -2.27. The van der Waals surface area contributed by atoms with Gasteiger partial charge in [0.1, 0.15) is 5.92 Å². The highest BCUT2D eigenvalue weighted by Gasteiger charge is 2.25. The van der Waals surface area contributed by atoms with Crippen molar-refractivity contribution >= 4 is 23.5 Å². The summed E-state index contributed by atoms with van der Waals surface area (Å²) in [5.41, 5.74) is 1.16. The Morgan fingerprint density at radius 2 is 2.05 bits per heavy atom. The summed E-state index contributed by atoms with van der Waals surface area (Å²) < 4.78 is 4.92. The Hall–Kier alpha value is -1.29. The van der Waals surface area contributed by atoms with Gasteiger partial charge in [0.15, 0.2) is 5.78 Å². The van der Waals surface area contributed by atoms with Gasteiger partial charge in [0, 0.05) is 4.90 Å². The van der Waals surface area contributed by atoms with Gasteiger partial charge in [-0.1, -0.05) is 24.6 Å². The number of thioether (sulfide) groups is 1. The normalized spacial score (nSPS) is 11.9. The van der Waals surface area contributed by atoms with Gasteiger partial charge in [-0.3, -0.25) is 9.59 Å². The molecule has 1 aromatic carbocycles. The number of benzene rings is 1. The number of ketones is 1. The van der Waals surface area contributed by atoms with E-state index >= 15 is 0 Å². The van der Waals surface area contributed by atoms with Gasteiger partial charge in [-0.05, 0) is 32.4 Å². The zero-order valence-electron chi connectivity index (χ0n) is 11.6. The highest BCUT2D eigenvalue weighted by Crippen LogP contribution is 2.21. The number of carbonyl (C=O) groups is 2. The molecule has 1 atom stereocenters. The van der Waals surface area contributed by atoms with E-state index in [0.29, 0.717) is 18.8 Å². The van der Waals surface area contributed by atoms with Crippen LogP contribution >= 0.6 is 11.8 Å². The number of rotatable bonds is 7. The van der Waals surface area contributed by atoms with Crippen molar-refractivity contribution in [1.29, 1.82) is 0 Å². The van der Waals surface area contributed by atoms with Crippen molar-refractivity contribution in [2.75, 3.05) is 12.4 Å². The van der Waals surface area contributed by atoms with E-state index in [1.54, 1.807) is 6.92 Å². The quantitative estimate of drug-likeness (QED) is 0.437. The van der Waals surface area contributed by atoms with Gasteiger partial charge in [0.2, 0.25) is 0 Å². The van der Waals surface area contributed by atoms with Gasteiger partial charge in [0.05, 0.1) is 12.4 Å². The van der Waals surface area contributed by atoms with Crippen molar-refractivity contribution in [1.82, 2.24) is 0 Å². The molecule has 3 nitrogen and oxygen atoms in total. The molecule has 0 aliphatic carbocycles. The summed E-state index contributed by atoms with van der Waals surface area (Å²) in [6.45, 7) is 5.90. The summed E-state index contributed by atoms with van der Waals surface area (Å²) in [4.78, 5) is 24.7. The highest BCUT2D eigenvalue weighted by molar-refractivity contribution is 8.00. The Morgan fingerprint density at radius 3 is 2.63 bits per heavy atom. The van der Waals surface area contributed by atoms with E-state index in [1.807, 2.05) is 38.1 Å². The Morgan fingerprint density at radius 1 is 1.32 bits per heavy atom. The van der Waals surface area contributed by atoms with Crippen molar-refractivity contribution in [3.05, 3.63) is 29.8 Å². The van der Waals surface area contributed by atoms with Crippen molar-refractivity contribution in [3.8, 4) is 0 Å². The van der Waals surface area contributed by atoms with Crippen molar-refractivity contribution in [3.63, 3.8) is 0 Å². The molecular formula is C15H20O3S. The summed E-state index contributed by atoms with van der Waals surface area (Å²) in [6.07, 6.45) is 0.492. The van der Waals surface area contributed by atoms with E-state index in [1.165, 1.54) is 11.8 Å². The van der Waals surface area contributed by atoms with Crippen LogP contribution in [0.4, 0.5) is 0 Å². The predicted octanol–water partition coefficient (Wildman–Crippen LogP) is 3.25. The Kier molecular flexibility index (Phi) is 6.64. The Bertz CT molecular complexity index is 443. The maximum absolute atomic E-state index is 12.0. The van der Waals surface area contributed by atoms with E-state index in [4.69, 9.17) is 4.74 Å². The summed E-state index contributed by atoms with van der Waals surface area (Å²) >= 11 is 1.46. The summed E-state index contributed by atoms with van der Waals surface area (Å²) in [7, 11) is 0. The molecule has 0 amide bonds. The largest absolute Gasteiger partial charge is 0.465 e. The van der Waals surface area contributed by atoms with E-state index < -0.39 is 11.9 Å². The standard InChI is InChI=1S/C15H20O3S/c1-4-13(15(17)18-5-2)14(16)10-19-12-8-6-7-11(3)9-12/h6-9,13H,4-5,10H2,1-3H3. The second-order valence-electron chi connectivity index (χ2n) is 4.28. The van der Waals surface area contributed by atoms with E-state index in [-0.39, 0.29) is 5.78 Å². The summed E-state index contributed by atoms with van der Waals surface area (Å²) in [5.74, 6) is -0.787. The summed E-state index contributed by atoms with van der Waals surface area (Å²) in [6, 6.07) is 7.98. The van der Waals surface area contributed by atoms with Crippen LogP contribution in [0.25, 0.3) is 0 Å². The van der Waals surface area contributed by atoms with Gasteiger partial charge in [-0.15, -0.1) is 11.8 Å². The molecule has 0 radical (unpaired) electrons. The number of hydrogen-bond donors (Lipinski definition) is 0. The van der Waals surface area contributed by atoms with E-state index in [9.17, 15) is 9.59 Å². The maximum Gasteiger partial charge on any atom is 0.316 e. The minimum Gasteiger partial charge on any atom is -0.465 e. The molecule has 1 unspecified atom stereocenters. The van der Waals surface area contributed by atoms with Crippen molar-refractivity contribution in [2.45, 2.75) is 32.1 Å². The van der Waals surface area contributed by atoms with Gasteiger partial charge in [-0.25, -0.2) is 0 Å². The lowest BCUT2D eigenvalue weighted by atomic mass is 10.0. The molecule has 104 valence electrons. The average molecular weight is 280 g/mol. The third-order valence-corrected chi connectivity index (χ3v) is 3.75. The first-order valence-electron chi connectivity index (χ1n) is 6.47.